The van der Waals surface area contributed by atoms with Gasteiger partial charge in [-0.3, -0.25) is 4.79 Å². The van der Waals surface area contributed by atoms with Gasteiger partial charge in [-0.25, -0.2) is 4.98 Å². The molecule has 2 heterocycles. The number of nitrogens with zero attached hydrogens (tertiary/aromatic N) is 3. The molecule has 0 unspecified atom stereocenters. The predicted molar refractivity (Wildman–Crippen MR) is 170 cm³/mol. The molecule has 0 aliphatic carbocycles. The van der Waals surface area contributed by atoms with Crippen LogP contribution in [0.3, 0.4) is 0 Å². The molecule has 0 radical (unpaired) electrons. The van der Waals surface area contributed by atoms with E-state index in [0.717, 1.165) is 61.7 Å². The Labute approximate surface area is 247 Å². The van der Waals surface area contributed by atoms with Gasteiger partial charge in [0.2, 0.25) is 0 Å². The molecule has 1 aromatic heterocycles. The lowest BCUT2D eigenvalue weighted by Gasteiger charge is -2.32. The Morgan fingerprint density at radius 3 is 2.57 bits per heavy atom. The molecule has 218 valence electrons. The summed E-state index contributed by atoms with van der Waals surface area (Å²) < 4.78 is 5.48. The number of carbonyl (C=O) groups excluding carboxylic acids is 1. The van der Waals surface area contributed by atoms with Gasteiger partial charge in [-0.05, 0) is 74.8 Å². The summed E-state index contributed by atoms with van der Waals surface area (Å²) in [6.45, 7) is 9.34. The zero-order valence-electron chi connectivity index (χ0n) is 24.8. The van der Waals surface area contributed by atoms with Crippen molar-refractivity contribution in [2.24, 2.45) is 0 Å². The van der Waals surface area contributed by atoms with E-state index in [1.807, 2.05) is 62.4 Å². The van der Waals surface area contributed by atoms with E-state index in [2.05, 4.69) is 39.3 Å². The number of para-hydroxylation sites is 1. The fraction of sp³-hybridized carbons (Fsp3) is 0.294. The van der Waals surface area contributed by atoms with Crippen LogP contribution in [0.2, 0.25) is 0 Å². The number of fused-ring (bicyclic) bond motifs is 1. The first-order chi connectivity index (χ1) is 20.4. The van der Waals surface area contributed by atoms with Crippen molar-refractivity contribution in [1.82, 2.24) is 19.8 Å². The maximum atomic E-state index is 13.4. The van der Waals surface area contributed by atoms with Gasteiger partial charge in [-0.15, -0.1) is 0 Å². The smallest absolute Gasteiger partial charge is 0.257 e. The number of aromatic hydroxyl groups is 1. The summed E-state index contributed by atoms with van der Waals surface area (Å²) >= 11 is 0. The Morgan fingerprint density at radius 1 is 1.10 bits per heavy atom. The first kappa shape index (κ1) is 29.1. The van der Waals surface area contributed by atoms with Crippen LogP contribution in [0.15, 0.2) is 78.6 Å². The van der Waals surface area contributed by atoms with Crippen molar-refractivity contribution in [3.8, 4) is 17.1 Å². The molecule has 5 rings (SSSR count). The minimum atomic E-state index is -0.240. The minimum Gasteiger partial charge on any atom is -0.507 e. The Balaban J connectivity index is 1.33. The standard InChI is InChI=1S/C34H39N5O3/c1-5-7-27(23(2)42-4)25-12-15-31(40)29(22-25)33-36-30-9-6-8-28(32(30)37-33)34(41)35-26-13-10-24(11-14-26)16-17-39-20-18-38(3)19-21-39/h5-15,22,40H,16-21H2,1-4H3,(H,35,41)(H,36,37)/b7-5-,27-23-. The largest absolute Gasteiger partial charge is 0.507 e. The van der Waals surface area contributed by atoms with Crippen LogP contribution < -0.4 is 5.32 Å². The third-order valence-corrected chi connectivity index (χ3v) is 7.86. The van der Waals surface area contributed by atoms with E-state index in [0.29, 0.717) is 28.0 Å². The van der Waals surface area contributed by atoms with E-state index in [9.17, 15) is 9.90 Å². The predicted octanol–water partition coefficient (Wildman–Crippen LogP) is 5.93. The lowest BCUT2D eigenvalue weighted by atomic mass is 10.0. The summed E-state index contributed by atoms with van der Waals surface area (Å²) in [5.74, 6) is 1.09. The van der Waals surface area contributed by atoms with Crippen molar-refractivity contribution in [2.75, 3.05) is 52.2 Å². The number of phenolic OH excluding ortho intramolecular Hbond substituents is 1. The van der Waals surface area contributed by atoms with E-state index < -0.39 is 0 Å². The molecular weight excluding hydrogens is 526 g/mol. The molecule has 0 spiro atoms. The second-order valence-electron chi connectivity index (χ2n) is 10.7. The van der Waals surface area contributed by atoms with Crippen LogP contribution in [-0.2, 0) is 11.2 Å². The summed E-state index contributed by atoms with van der Waals surface area (Å²) in [4.78, 5) is 26.3. The zero-order chi connectivity index (χ0) is 29.6. The molecule has 3 N–H and O–H groups in total. The van der Waals surface area contributed by atoms with Gasteiger partial charge >= 0.3 is 0 Å². The first-order valence-electron chi connectivity index (χ1n) is 14.4. The van der Waals surface area contributed by atoms with Gasteiger partial charge < -0.3 is 29.9 Å². The summed E-state index contributed by atoms with van der Waals surface area (Å²) in [5, 5.41) is 13.7. The number of nitrogens with one attached hydrogen (secondary N) is 2. The number of hydrogen-bond donors (Lipinski definition) is 3. The highest BCUT2D eigenvalue weighted by Crippen LogP contribution is 2.33. The second kappa shape index (κ2) is 13.1. The van der Waals surface area contributed by atoms with Gasteiger partial charge in [-0.1, -0.05) is 36.4 Å². The third-order valence-electron chi connectivity index (χ3n) is 7.86. The Hall–Kier alpha value is -4.40. The number of ether oxygens (including phenoxy) is 1. The van der Waals surface area contributed by atoms with Gasteiger partial charge in [0.25, 0.3) is 5.91 Å². The molecule has 8 heteroatoms. The number of H-pyrrole nitrogens is 1. The highest BCUT2D eigenvalue weighted by atomic mass is 16.5. The van der Waals surface area contributed by atoms with E-state index in [-0.39, 0.29) is 11.7 Å². The van der Waals surface area contributed by atoms with Crippen molar-refractivity contribution < 1.29 is 14.6 Å². The summed E-state index contributed by atoms with van der Waals surface area (Å²) in [7, 11) is 3.80. The number of piperazine rings is 1. The summed E-state index contributed by atoms with van der Waals surface area (Å²) in [6.07, 6.45) is 4.90. The number of benzene rings is 3. The van der Waals surface area contributed by atoms with Crippen molar-refractivity contribution in [3.63, 3.8) is 0 Å². The van der Waals surface area contributed by atoms with Crippen molar-refractivity contribution in [2.45, 2.75) is 20.3 Å². The van der Waals surface area contributed by atoms with E-state index in [4.69, 9.17) is 9.72 Å². The number of allylic oxidation sites excluding steroid dienone is 4. The molecule has 0 atom stereocenters. The first-order valence-corrected chi connectivity index (χ1v) is 14.4. The Kier molecular flexibility index (Phi) is 9.05. The number of methoxy groups -OCH3 is 1. The van der Waals surface area contributed by atoms with Crippen molar-refractivity contribution in [3.05, 3.63) is 95.3 Å². The maximum absolute atomic E-state index is 13.4. The topological polar surface area (TPSA) is 93.7 Å². The van der Waals surface area contributed by atoms with Crippen molar-refractivity contribution in [1.29, 1.82) is 0 Å². The van der Waals surface area contributed by atoms with E-state index >= 15 is 0 Å². The maximum Gasteiger partial charge on any atom is 0.257 e. The fourth-order valence-electron chi connectivity index (χ4n) is 5.24. The molecule has 1 saturated heterocycles. The van der Waals surface area contributed by atoms with Crippen molar-refractivity contribution >= 4 is 28.2 Å². The van der Waals surface area contributed by atoms with Crippen LogP contribution in [-0.4, -0.2) is 77.7 Å². The van der Waals surface area contributed by atoms with Crippen LogP contribution in [0.25, 0.3) is 28.0 Å². The van der Waals surface area contributed by atoms with E-state index in [1.165, 1.54) is 5.56 Å². The lowest BCUT2D eigenvalue weighted by Crippen LogP contribution is -2.45. The molecular formula is C34H39N5O3. The Bertz CT molecular complexity index is 1610. The molecule has 42 heavy (non-hydrogen) atoms. The number of rotatable bonds is 9. The molecule has 4 aromatic rings. The summed E-state index contributed by atoms with van der Waals surface area (Å²) in [6, 6.07) is 18.9. The quantitative estimate of drug-likeness (QED) is 0.172. The number of anilines is 1. The molecule has 8 nitrogen and oxygen atoms in total. The average molecular weight is 566 g/mol. The third kappa shape index (κ3) is 6.56. The number of likely N-dealkylation sites (N-methyl/N-ethyl adjacent to an activating group) is 1. The van der Waals surface area contributed by atoms with Crippen LogP contribution in [0.1, 0.15) is 35.3 Å². The van der Waals surface area contributed by atoms with Gasteiger partial charge in [-0.2, -0.15) is 0 Å². The number of hydrogen-bond acceptors (Lipinski definition) is 6. The van der Waals surface area contributed by atoms with E-state index in [1.54, 1.807) is 19.2 Å². The molecule has 1 aliphatic heterocycles. The van der Waals surface area contributed by atoms with Crippen LogP contribution >= 0.6 is 0 Å². The number of aromatic nitrogens is 2. The average Bonchev–Trinajstić information content (AvgIpc) is 3.44. The number of phenols is 1. The molecule has 1 aliphatic rings. The van der Waals surface area contributed by atoms with Crippen LogP contribution in [0, 0.1) is 0 Å². The number of imidazole rings is 1. The highest BCUT2D eigenvalue weighted by molar-refractivity contribution is 6.11. The monoisotopic (exact) mass is 565 g/mol. The number of carbonyl (C=O) groups is 1. The van der Waals surface area contributed by atoms with Gasteiger partial charge in [0.05, 0.1) is 23.8 Å². The second-order valence-corrected chi connectivity index (χ2v) is 10.7. The lowest BCUT2D eigenvalue weighted by molar-refractivity contribution is 0.102. The van der Waals surface area contributed by atoms with Gasteiger partial charge in [0, 0.05) is 44.0 Å². The normalized spacial score (nSPS) is 15.2. The van der Waals surface area contributed by atoms with Gasteiger partial charge in [0.15, 0.2) is 0 Å². The number of amides is 1. The fourth-order valence-corrected chi connectivity index (χ4v) is 5.24. The SMILES string of the molecule is C/C=C\C(=C(/C)OC)c1ccc(O)c(-c2nc3c(C(=O)Nc4ccc(CCN5CCN(C)CC5)cc4)cccc3[nH]2)c1. The van der Waals surface area contributed by atoms with Crippen LogP contribution in [0.4, 0.5) is 5.69 Å². The molecule has 0 bridgehead atoms. The zero-order valence-corrected chi connectivity index (χ0v) is 24.8. The minimum absolute atomic E-state index is 0.0893. The van der Waals surface area contributed by atoms with Gasteiger partial charge in [0.1, 0.15) is 22.8 Å². The molecule has 1 amide bonds. The highest BCUT2D eigenvalue weighted by Gasteiger charge is 2.18. The number of aromatic amines is 1. The molecule has 1 fully saturated rings. The molecule has 3 aromatic carbocycles. The van der Waals surface area contributed by atoms with Crippen LogP contribution in [0.5, 0.6) is 5.75 Å². The molecule has 0 saturated carbocycles. The Morgan fingerprint density at radius 2 is 1.86 bits per heavy atom. The summed E-state index contributed by atoms with van der Waals surface area (Å²) in [5.41, 5.74) is 6.00.